The first-order valence-electron chi connectivity index (χ1n) is 8.14. The molecule has 0 aliphatic carbocycles. The van der Waals surface area contributed by atoms with Gasteiger partial charge in [0.05, 0.1) is 24.0 Å². The summed E-state index contributed by atoms with van der Waals surface area (Å²) >= 11 is 0. The van der Waals surface area contributed by atoms with E-state index in [0.29, 0.717) is 0 Å². The zero-order valence-electron chi connectivity index (χ0n) is 14.4. The Kier molecular flexibility index (Phi) is 4.44. The molecule has 0 spiro atoms. The Morgan fingerprint density at radius 1 is 1.04 bits per heavy atom. The summed E-state index contributed by atoms with van der Waals surface area (Å²) in [5.41, 5.74) is 1.87. The average molecular weight is 340 g/mol. The molecule has 1 heterocycles. The number of benzene rings is 2. The Morgan fingerprint density at radius 2 is 1.60 bits per heavy atom. The number of carbonyl (C=O) groups is 1. The van der Waals surface area contributed by atoms with Crippen LogP contribution in [0.3, 0.4) is 0 Å². The summed E-state index contributed by atoms with van der Waals surface area (Å²) in [5, 5.41) is 10.9. The Hall–Kier alpha value is -2.89. The zero-order valence-corrected chi connectivity index (χ0v) is 14.4. The lowest BCUT2D eigenvalue weighted by Gasteiger charge is -2.50. The largest absolute Gasteiger partial charge is 0.497 e. The molecule has 0 unspecified atom stereocenters. The van der Waals surface area contributed by atoms with Crippen molar-refractivity contribution in [3.8, 4) is 5.75 Å². The lowest BCUT2D eigenvalue weighted by atomic mass is 9.77. The minimum atomic E-state index is -0.420. The van der Waals surface area contributed by atoms with E-state index in [-0.39, 0.29) is 29.6 Å². The fourth-order valence-corrected chi connectivity index (χ4v) is 3.37. The molecule has 0 bridgehead atoms. The topological polar surface area (TPSA) is 72.7 Å². The molecule has 0 N–H and O–H groups in total. The first-order valence-corrected chi connectivity index (χ1v) is 8.14. The van der Waals surface area contributed by atoms with Gasteiger partial charge < -0.3 is 9.64 Å². The van der Waals surface area contributed by atoms with Crippen LogP contribution < -0.4 is 4.74 Å². The van der Waals surface area contributed by atoms with Crippen molar-refractivity contribution in [2.24, 2.45) is 0 Å². The van der Waals surface area contributed by atoms with Gasteiger partial charge in [0, 0.05) is 18.2 Å². The smallest absolute Gasteiger partial charge is 0.269 e. The van der Waals surface area contributed by atoms with Crippen LogP contribution in [0.25, 0.3) is 0 Å². The van der Waals surface area contributed by atoms with E-state index in [4.69, 9.17) is 4.74 Å². The highest BCUT2D eigenvalue weighted by Gasteiger charge is 2.49. The summed E-state index contributed by atoms with van der Waals surface area (Å²) in [6, 6.07) is 13.9. The number of β-lactam (4-membered cyclic amide) rings is 1. The second kappa shape index (κ2) is 6.55. The Bertz CT molecular complexity index is 784. The number of methoxy groups -OCH3 is 1. The maximum absolute atomic E-state index is 12.7. The molecular formula is C19H20N2O4. The lowest BCUT2D eigenvalue weighted by molar-refractivity contribution is -0.384. The van der Waals surface area contributed by atoms with Crippen molar-refractivity contribution in [1.82, 2.24) is 4.90 Å². The number of amides is 1. The Morgan fingerprint density at radius 3 is 2.08 bits per heavy atom. The summed E-state index contributed by atoms with van der Waals surface area (Å²) in [6.45, 7) is 3.95. The Balaban J connectivity index is 1.96. The van der Waals surface area contributed by atoms with E-state index in [2.05, 4.69) is 0 Å². The second-order valence-corrected chi connectivity index (χ2v) is 6.38. The van der Waals surface area contributed by atoms with E-state index in [0.717, 1.165) is 16.9 Å². The first kappa shape index (κ1) is 17.0. The van der Waals surface area contributed by atoms with Crippen LogP contribution in [0.5, 0.6) is 5.75 Å². The van der Waals surface area contributed by atoms with Gasteiger partial charge in [-0.15, -0.1) is 0 Å². The van der Waals surface area contributed by atoms with Gasteiger partial charge in [-0.3, -0.25) is 14.9 Å². The maximum atomic E-state index is 12.7. The molecule has 2 atom stereocenters. The third kappa shape index (κ3) is 2.95. The Labute approximate surface area is 146 Å². The van der Waals surface area contributed by atoms with Gasteiger partial charge in [0.2, 0.25) is 5.91 Å². The van der Waals surface area contributed by atoms with Gasteiger partial charge in [-0.05, 0) is 37.1 Å². The molecule has 2 aromatic rings. The number of rotatable bonds is 5. The molecule has 3 rings (SSSR count). The fourth-order valence-electron chi connectivity index (χ4n) is 3.37. The van der Waals surface area contributed by atoms with E-state index >= 15 is 0 Å². The highest BCUT2D eigenvalue weighted by molar-refractivity contribution is 5.92. The molecule has 2 aromatic carbocycles. The van der Waals surface area contributed by atoms with Crippen molar-refractivity contribution < 1.29 is 14.5 Å². The first-order chi connectivity index (χ1) is 11.9. The molecule has 0 saturated carbocycles. The van der Waals surface area contributed by atoms with Crippen LogP contribution in [0, 0.1) is 10.1 Å². The lowest BCUT2D eigenvalue weighted by Crippen LogP contribution is -2.56. The molecule has 1 aliphatic rings. The zero-order chi connectivity index (χ0) is 18.1. The third-order valence-electron chi connectivity index (χ3n) is 4.61. The molecule has 0 aromatic heterocycles. The summed E-state index contributed by atoms with van der Waals surface area (Å²) in [7, 11) is 1.60. The van der Waals surface area contributed by atoms with Crippen LogP contribution in [-0.2, 0) is 4.79 Å². The van der Waals surface area contributed by atoms with E-state index in [1.807, 2.05) is 43.0 Å². The summed E-state index contributed by atoms with van der Waals surface area (Å²) in [6.07, 6.45) is 0. The predicted molar refractivity (Wildman–Crippen MR) is 93.6 cm³/mol. The molecule has 6 nitrogen and oxygen atoms in total. The highest BCUT2D eigenvalue weighted by Crippen LogP contribution is 2.48. The van der Waals surface area contributed by atoms with Crippen LogP contribution in [0.2, 0.25) is 0 Å². The fraction of sp³-hybridized carbons (Fsp3) is 0.316. The predicted octanol–water partition coefficient (Wildman–Crippen LogP) is 3.68. The van der Waals surface area contributed by atoms with Crippen molar-refractivity contribution >= 4 is 11.6 Å². The van der Waals surface area contributed by atoms with Gasteiger partial charge in [-0.1, -0.05) is 24.3 Å². The van der Waals surface area contributed by atoms with Crippen molar-refractivity contribution in [2.45, 2.75) is 31.8 Å². The van der Waals surface area contributed by atoms with E-state index in [1.165, 1.54) is 12.1 Å². The van der Waals surface area contributed by atoms with Gasteiger partial charge >= 0.3 is 0 Å². The summed E-state index contributed by atoms with van der Waals surface area (Å²) in [5.74, 6) is 0.529. The number of carbonyl (C=O) groups excluding carboxylic acids is 1. The molecular weight excluding hydrogens is 320 g/mol. The number of hydrogen-bond acceptors (Lipinski definition) is 4. The molecule has 0 radical (unpaired) electrons. The molecule has 25 heavy (non-hydrogen) atoms. The number of non-ortho nitro benzene ring substituents is 1. The molecule has 1 saturated heterocycles. The number of nitro groups is 1. The quantitative estimate of drug-likeness (QED) is 0.473. The van der Waals surface area contributed by atoms with Crippen molar-refractivity contribution in [1.29, 1.82) is 0 Å². The highest BCUT2D eigenvalue weighted by atomic mass is 16.6. The molecule has 1 fully saturated rings. The van der Waals surface area contributed by atoms with Crippen LogP contribution in [0.1, 0.15) is 36.9 Å². The minimum absolute atomic E-state index is 0.0477. The molecule has 1 aliphatic heterocycles. The van der Waals surface area contributed by atoms with Crippen molar-refractivity contribution in [3.05, 3.63) is 69.8 Å². The molecule has 130 valence electrons. The van der Waals surface area contributed by atoms with Crippen LogP contribution in [-0.4, -0.2) is 28.9 Å². The van der Waals surface area contributed by atoms with Gasteiger partial charge in [-0.2, -0.15) is 0 Å². The summed E-state index contributed by atoms with van der Waals surface area (Å²) in [4.78, 5) is 25.0. The van der Waals surface area contributed by atoms with Crippen molar-refractivity contribution in [2.75, 3.05) is 7.11 Å². The minimum Gasteiger partial charge on any atom is -0.497 e. The number of ether oxygens (including phenoxy) is 1. The number of nitro benzene ring substituents is 1. The number of hydrogen-bond donors (Lipinski definition) is 0. The van der Waals surface area contributed by atoms with Gasteiger partial charge in [-0.25, -0.2) is 0 Å². The maximum Gasteiger partial charge on any atom is 0.269 e. The van der Waals surface area contributed by atoms with Crippen LogP contribution >= 0.6 is 0 Å². The van der Waals surface area contributed by atoms with Gasteiger partial charge in [0.1, 0.15) is 5.75 Å². The van der Waals surface area contributed by atoms with Crippen LogP contribution in [0.15, 0.2) is 48.5 Å². The number of likely N-dealkylation sites (tertiary alicyclic amines) is 1. The van der Waals surface area contributed by atoms with E-state index in [1.54, 1.807) is 19.2 Å². The average Bonchev–Trinajstić information content (AvgIpc) is 2.60. The summed E-state index contributed by atoms with van der Waals surface area (Å²) < 4.78 is 5.17. The SMILES string of the molecule is COc1ccc([C@@H]2C(=O)N(C(C)C)[C@@H]2c2ccc([N+](=O)[O-])cc2)cc1. The third-order valence-corrected chi connectivity index (χ3v) is 4.61. The molecule has 1 amide bonds. The normalized spacial score (nSPS) is 19.7. The standard InChI is InChI=1S/C19H20N2O4/c1-12(2)20-18(14-4-8-15(9-5-14)21(23)24)17(19(20)22)13-6-10-16(25-3)11-7-13/h4-12,17-18H,1-3H3/t17-,18+/m0/s1. The van der Waals surface area contributed by atoms with Crippen molar-refractivity contribution in [3.63, 3.8) is 0 Å². The second-order valence-electron chi connectivity index (χ2n) is 6.38. The monoisotopic (exact) mass is 340 g/mol. The molecule has 6 heteroatoms. The van der Waals surface area contributed by atoms with E-state index < -0.39 is 4.92 Å². The number of nitrogens with zero attached hydrogens (tertiary/aromatic N) is 2. The van der Waals surface area contributed by atoms with Crippen LogP contribution in [0.4, 0.5) is 5.69 Å². The van der Waals surface area contributed by atoms with E-state index in [9.17, 15) is 14.9 Å². The van der Waals surface area contributed by atoms with Gasteiger partial charge in [0.15, 0.2) is 0 Å². The van der Waals surface area contributed by atoms with Gasteiger partial charge in [0.25, 0.3) is 5.69 Å².